The van der Waals surface area contributed by atoms with E-state index in [0.717, 1.165) is 0 Å². The molecule has 0 radical (unpaired) electrons. The lowest BCUT2D eigenvalue weighted by molar-refractivity contribution is 0.199. The number of sulfonamides is 1. The van der Waals surface area contributed by atoms with E-state index < -0.39 is 10.0 Å². The van der Waals surface area contributed by atoms with Crippen LogP contribution < -0.4 is 15.2 Å². The number of nitrogens with two attached hydrogens (primary N) is 1. The molecule has 3 N–H and O–H groups in total. The molecule has 1 aromatic carbocycles. The molecule has 0 atom stereocenters. The van der Waals surface area contributed by atoms with Gasteiger partial charge >= 0.3 is 0 Å². The summed E-state index contributed by atoms with van der Waals surface area (Å²) in [5.74, 6) is 0.494. The topological polar surface area (TPSA) is 90.7 Å². The van der Waals surface area contributed by atoms with E-state index in [4.69, 9.17) is 27.4 Å². The number of hydrogen-bond acceptors (Lipinski definition) is 5. The molecule has 0 saturated carbocycles. The normalized spacial score (nSPS) is 11.1. The molecule has 0 fully saturated rings. The second kappa shape index (κ2) is 8.03. The van der Waals surface area contributed by atoms with Gasteiger partial charge in [-0.3, -0.25) is 4.72 Å². The maximum atomic E-state index is 11.8. The molecular weight excluding hydrogens is 300 g/mol. The lowest BCUT2D eigenvalue weighted by Gasteiger charge is -2.10. The van der Waals surface area contributed by atoms with Gasteiger partial charge in [-0.05, 0) is 18.6 Å². The minimum atomic E-state index is -3.39. The van der Waals surface area contributed by atoms with E-state index in [0.29, 0.717) is 24.5 Å². The van der Waals surface area contributed by atoms with Crippen molar-refractivity contribution >= 4 is 32.9 Å². The standard InChI is InChI=1S/C12H18N2O4S2/c1-17-6-3-7-20(15,16)14-10-4-2-5-11(8-10)18-9-12(13)19/h2,4-5,8,14H,3,6-7,9H2,1H3,(H2,13,19). The smallest absolute Gasteiger partial charge is 0.232 e. The van der Waals surface area contributed by atoms with Crippen LogP contribution in [0, 0.1) is 0 Å². The average molecular weight is 318 g/mol. The van der Waals surface area contributed by atoms with Gasteiger partial charge in [-0.15, -0.1) is 0 Å². The Morgan fingerprint density at radius 3 is 2.85 bits per heavy atom. The van der Waals surface area contributed by atoms with Crippen LogP contribution in [0.25, 0.3) is 0 Å². The van der Waals surface area contributed by atoms with Gasteiger partial charge in [0.25, 0.3) is 0 Å². The number of rotatable bonds is 9. The first-order chi connectivity index (χ1) is 9.43. The zero-order chi connectivity index (χ0) is 15.0. The van der Waals surface area contributed by atoms with Crippen LogP contribution in [0.2, 0.25) is 0 Å². The van der Waals surface area contributed by atoms with Crippen molar-refractivity contribution < 1.29 is 17.9 Å². The molecule has 0 aromatic heterocycles. The first kappa shape index (κ1) is 16.7. The highest BCUT2D eigenvalue weighted by Crippen LogP contribution is 2.18. The second-order valence-corrected chi connectivity index (χ2v) is 6.42. The Morgan fingerprint density at radius 1 is 1.45 bits per heavy atom. The maximum Gasteiger partial charge on any atom is 0.232 e. The van der Waals surface area contributed by atoms with Gasteiger partial charge in [-0.25, -0.2) is 8.42 Å². The molecule has 112 valence electrons. The quantitative estimate of drug-likeness (QED) is 0.524. The Balaban J connectivity index is 2.63. The summed E-state index contributed by atoms with van der Waals surface area (Å²) in [7, 11) is -1.86. The highest BCUT2D eigenvalue weighted by atomic mass is 32.2. The zero-order valence-corrected chi connectivity index (χ0v) is 12.8. The molecule has 0 aliphatic carbocycles. The molecule has 0 unspecified atom stereocenters. The molecule has 1 rings (SSSR count). The van der Waals surface area contributed by atoms with Gasteiger partial charge in [0, 0.05) is 19.8 Å². The van der Waals surface area contributed by atoms with E-state index in [1.165, 1.54) is 7.11 Å². The number of ether oxygens (including phenoxy) is 2. The molecule has 0 aliphatic rings. The van der Waals surface area contributed by atoms with Crippen molar-refractivity contribution in [2.24, 2.45) is 5.73 Å². The Hall–Kier alpha value is -1.38. The third kappa shape index (κ3) is 6.69. The highest BCUT2D eigenvalue weighted by molar-refractivity contribution is 7.92. The van der Waals surface area contributed by atoms with Crippen molar-refractivity contribution in [3.05, 3.63) is 24.3 Å². The van der Waals surface area contributed by atoms with Crippen molar-refractivity contribution in [1.29, 1.82) is 0 Å². The second-order valence-electron chi connectivity index (χ2n) is 4.05. The van der Waals surface area contributed by atoms with Gasteiger partial charge in [-0.2, -0.15) is 0 Å². The number of nitrogens with one attached hydrogen (secondary N) is 1. The summed E-state index contributed by atoms with van der Waals surface area (Å²) >= 11 is 4.70. The Labute approximate surface area is 124 Å². The monoisotopic (exact) mass is 318 g/mol. The fourth-order valence-corrected chi connectivity index (χ4v) is 2.57. The first-order valence-electron chi connectivity index (χ1n) is 5.93. The summed E-state index contributed by atoms with van der Waals surface area (Å²) in [6.07, 6.45) is 0.434. The predicted octanol–water partition coefficient (Wildman–Crippen LogP) is 1.13. The number of methoxy groups -OCH3 is 1. The molecule has 0 heterocycles. The van der Waals surface area contributed by atoms with Crippen LogP contribution in [0.4, 0.5) is 5.69 Å². The van der Waals surface area contributed by atoms with Crippen molar-refractivity contribution in [3.8, 4) is 5.75 Å². The molecule has 0 saturated heterocycles. The van der Waals surface area contributed by atoms with Crippen molar-refractivity contribution in [2.45, 2.75) is 6.42 Å². The van der Waals surface area contributed by atoms with Gasteiger partial charge in [0.1, 0.15) is 17.3 Å². The lowest BCUT2D eigenvalue weighted by atomic mass is 10.3. The van der Waals surface area contributed by atoms with Crippen molar-refractivity contribution in [3.63, 3.8) is 0 Å². The molecule has 0 amide bonds. The van der Waals surface area contributed by atoms with Gasteiger partial charge in [0.15, 0.2) is 0 Å². The van der Waals surface area contributed by atoms with Gasteiger partial charge < -0.3 is 15.2 Å². The molecule has 0 spiro atoms. The Morgan fingerprint density at radius 2 is 2.20 bits per heavy atom. The number of benzene rings is 1. The summed E-state index contributed by atoms with van der Waals surface area (Å²) in [4.78, 5) is 0.232. The van der Waals surface area contributed by atoms with E-state index in [9.17, 15) is 8.42 Å². The number of hydrogen-bond donors (Lipinski definition) is 2. The predicted molar refractivity (Wildman–Crippen MR) is 82.6 cm³/mol. The molecule has 8 heteroatoms. The molecule has 20 heavy (non-hydrogen) atoms. The number of anilines is 1. The van der Waals surface area contributed by atoms with Crippen LogP contribution in [0.3, 0.4) is 0 Å². The van der Waals surface area contributed by atoms with Gasteiger partial charge in [0.05, 0.1) is 11.4 Å². The van der Waals surface area contributed by atoms with Crippen LogP contribution in [0.15, 0.2) is 24.3 Å². The van der Waals surface area contributed by atoms with E-state index in [1.807, 2.05) is 0 Å². The van der Waals surface area contributed by atoms with Gasteiger partial charge in [0.2, 0.25) is 10.0 Å². The van der Waals surface area contributed by atoms with Crippen LogP contribution in [-0.2, 0) is 14.8 Å². The average Bonchev–Trinajstić information content (AvgIpc) is 2.36. The summed E-state index contributed by atoms with van der Waals surface area (Å²) in [6.45, 7) is 0.511. The van der Waals surface area contributed by atoms with Crippen LogP contribution in [0.5, 0.6) is 5.75 Å². The third-order valence-electron chi connectivity index (χ3n) is 2.25. The molecule has 6 nitrogen and oxygen atoms in total. The summed E-state index contributed by atoms with van der Waals surface area (Å²) in [5.41, 5.74) is 5.76. The minimum Gasteiger partial charge on any atom is -0.486 e. The SMILES string of the molecule is COCCCS(=O)(=O)Nc1cccc(OCC(N)=S)c1. The van der Waals surface area contributed by atoms with E-state index in [1.54, 1.807) is 24.3 Å². The van der Waals surface area contributed by atoms with Crippen molar-refractivity contribution in [2.75, 3.05) is 30.8 Å². The van der Waals surface area contributed by atoms with E-state index in [-0.39, 0.29) is 17.3 Å². The van der Waals surface area contributed by atoms with E-state index >= 15 is 0 Å². The number of thiocarbonyl (C=S) groups is 1. The summed E-state index contributed by atoms with van der Waals surface area (Å²) in [6, 6.07) is 6.59. The first-order valence-corrected chi connectivity index (χ1v) is 7.99. The highest BCUT2D eigenvalue weighted by Gasteiger charge is 2.10. The minimum absolute atomic E-state index is 0.00118. The fourth-order valence-electron chi connectivity index (χ4n) is 1.43. The van der Waals surface area contributed by atoms with Crippen molar-refractivity contribution in [1.82, 2.24) is 0 Å². The summed E-state index contributed by atoms with van der Waals surface area (Å²) in [5, 5.41) is 0. The van der Waals surface area contributed by atoms with Crippen LogP contribution in [-0.4, -0.2) is 39.5 Å². The Bertz CT molecular complexity index is 546. The largest absolute Gasteiger partial charge is 0.486 e. The molecule has 0 bridgehead atoms. The summed E-state index contributed by atoms with van der Waals surface area (Å²) < 4.78 is 36.2. The molecular formula is C12H18N2O4S2. The lowest BCUT2D eigenvalue weighted by Crippen LogP contribution is -2.19. The Kier molecular flexibility index (Phi) is 6.69. The van der Waals surface area contributed by atoms with E-state index in [2.05, 4.69) is 4.72 Å². The zero-order valence-electron chi connectivity index (χ0n) is 11.2. The van der Waals surface area contributed by atoms with Crippen LogP contribution >= 0.6 is 12.2 Å². The maximum absolute atomic E-state index is 11.8. The molecule has 1 aromatic rings. The third-order valence-corrected chi connectivity index (χ3v) is 3.74. The fraction of sp³-hybridized carbons (Fsp3) is 0.417. The van der Waals surface area contributed by atoms with Crippen LogP contribution in [0.1, 0.15) is 6.42 Å². The molecule has 0 aliphatic heterocycles. The van der Waals surface area contributed by atoms with Gasteiger partial charge in [-0.1, -0.05) is 18.3 Å².